The smallest absolute Gasteiger partial charge is 0.338 e. The van der Waals surface area contributed by atoms with Gasteiger partial charge in [0, 0.05) is 0 Å². The maximum absolute atomic E-state index is 13.2. The fourth-order valence-electron chi connectivity index (χ4n) is 2.91. The molecule has 0 aliphatic heterocycles. The lowest BCUT2D eigenvalue weighted by Gasteiger charge is -2.16. The minimum absolute atomic E-state index is 0.00229. The third-order valence-electron chi connectivity index (χ3n) is 4.49. The molecule has 3 aromatic rings. The first-order valence-electron chi connectivity index (χ1n) is 9.61. The van der Waals surface area contributed by atoms with E-state index < -0.39 is 24.3 Å². The average molecular weight is 420 g/mol. The van der Waals surface area contributed by atoms with Crippen LogP contribution in [-0.4, -0.2) is 24.4 Å². The monoisotopic (exact) mass is 420 g/mol. The topological polar surface area (TPSA) is 84.5 Å². The van der Waals surface area contributed by atoms with E-state index in [0.717, 1.165) is 11.6 Å². The average Bonchev–Trinajstić information content (AvgIpc) is 2.78. The fourth-order valence-corrected chi connectivity index (χ4v) is 2.91. The van der Waals surface area contributed by atoms with Gasteiger partial charge in [-0.15, -0.1) is 0 Å². The number of anilines is 1. The first-order valence-corrected chi connectivity index (χ1v) is 9.61. The molecule has 6 nitrogen and oxygen atoms in total. The molecular formula is C24H21FN2O4. The number of hydrogen-bond donors (Lipinski definition) is 2. The van der Waals surface area contributed by atoms with E-state index in [9.17, 15) is 18.8 Å². The summed E-state index contributed by atoms with van der Waals surface area (Å²) in [6.07, 6.45) is 0. The molecule has 0 unspecified atom stereocenters. The van der Waals surface area contributed by atoms with Crippen molar-refractivity contribution in [1.29, 1.82) is 0 Å². The fraction of sp³-hybridized carbons (Fsp3) is 0.125. The van der Waals surface area contributed by atoms with Crippen LogP contribution in [0.2, 0.25) is 0 Å². The van der Waals surface area contributed by atoms with Crippen molar-refractivity contribution in [3.8, 4) is 0 Å². The molecule has 0 aromatic heterocycles. The minimum atomic E-state index is -0.822. The minimum Gasteiger partial charge on any atom is -0.452 e. The van der Waals surface area contributed by atoms with Crippen LogP contribution in [0, 0.1) is 5.82 Å². The second-order valence-electron chi connectivity index (χ2n) is 6.79. The summed E-state index contributed by atoms with van der Waals surface area (Å²) in [5.74, 6) is -2.38. The highest BCUT2D eigenvalue weighted by Gasteiger charge is 2.17. The van der Waals surface area contributed by atoms with Crippen molar-refractivity contribution < 1.29 is 23.5 Å². The molecule has 7 heteroatoms. The number of para-hydroxylation sites is 1. The van der Waals surface area contributed by atoms with Gasteiger partial charge in [-0.2, -0.15) is 0 Å². The Balaban J connectivity index is 1.61. The Labute approximate surface area is 179 Å². The number of ether oxygens (including phenoxy) is 1. The highest BCUT2D eigenvalue weighted by atomic mass is 19.1. The molecule has 0 bridgehead atoms. The number of rotatable bonds is 7. The largest absolute Gasteiger partial charge is 0.452 e. The van der Waals surface area contributed by atoms with Crippen LogP contribution in [0.25, 0.3) is 0 Å². The maximum Gasteiger partial charge on any atom is 0.338 e. The first kappa shape index (κ1) is 21.7. The number of esters is 1. The van der Waals surface area contributed by atoms with Gasteiger partial charge in [0.2, 0.25) is 0 Å². The Morgan fingerprint density at radius 2 is 1.65 bits per heavy atom. The molecule has 0 saturated carbocycles. The third kappa shape index (κ3) is 5.99. The van der Waals surface area contributed by atoms with Crippen LogP contribution >= 0.6 is 0 Å². The van der Waals surface area contributed by atoms with E-state index in [4.69, 9.17) is 4.74 Å². The number of carbonyl (C=O) groups is 3. The van der Waals surface area contributed by atoms with Crippen LogP contribution in [0.3, 0.4) is 0 Å². The van der Waals surface area contributed by atoms with Crippen molar-refractivity contribution in [2.45, 2.75) is 13.0 Å². The summed E-state index contributed by atoms with van der Waals surface area (Å²) in [4.78, 5) is 36.9. The SMILES string of the molecule is C[C@H](NC(=O)c1ccccc1NC(=O)COC(=O)c1cccc(F)c1)c1ccccc1. The number of carbonyl (C=O) groups excluding carboxylic acids is 3. The Hall–Kier alpha value is -4.00. The molecule has 1 atom stereocenters. The molecule has 158 valence electrons. The van der Waals surface area contributed by atoms with Crippen molar-refractivity contribution in [2.75, 3.05) is 11.9 Å². The molecular weight excluding hydrogens is 399 g/mol. The molecule has 0 spiro atoms. The molecule has 0 aliphatic rings. The number of nitrogens with one attached hydrogen (secondary N) is 2. The van der Waals surface area contributed by atoms with E-state index in [1.165, 1.54) is 18.2 Å². The van der Waals surface area contributed by atoms with Crippen molar-refractivity contribution in [2.24, 2.45) is 0 Å². The molecule has 0 radical (unpaired) electrons. The summed E-state index contributed by atoms with van der Waals surface area (Å²) in [6, 6.07) is 20.7. The summed E-state index contributed by atoms with van der Waals surface area (Å²) in [6.45, 7) is 1.28. The predicted molar refractivity (Wildman–Crippen MR) is 114 cm³/mol. The summed E-state index contributed by atoms with van der Waals surface area (Å²) in [7, 11) is 0. The van der Waals surface area contributed by atoms with E-state index in [-0.39, 0.29) is 28.8 Å². The second-order valence-corrected chi connectivity index (χ2v) is 6.79. The Bertz CT molecular complexity index is 1090. The van der Waals surface area contributed by atoms with E-state index in [2.05, 4.69) is 10.6 Å². The van der Waals surface area contributed by atoms with Gasteiger partial charge in [0.1, 0.15) is 5.82 Å². The normalized spacial score (nSPS) is 11.3. The van der Waals surface area contributed by atoms with Crippen molar-refractivity contribution >= 4 is 23.5 Å². The molecule has 0 saturated heterocycles. The Kier molecular flexibility index (Phi) is 7.11. The van der Waals surface area contributed by atoms with Crippen LogP contribution in [0.15, 0.2) is 78.9 Å². The van der Waals surface area contributed by atoms with Gasteiger partial charge in [0.05, 0.1) is 22.9 Å². The Morgan fingerprint density at radius 1 is 0.935 bits per heavy atom. The maximum atomic E-state index is 13.2. The first-order chi connectivity index (χ1) is 14.9. The zero-order chi connectivity index (χ0) is 22.2. The molecule has 3 aromatic carbocycles. The Morgan fingerprint density at radius 3 is 2.39 bits per heavy atom. The van der Waals surface area contributed by atoms with E-state index in [0.29, 0.717) is 0 Å². The predicted octanol–water partition coefficient (Wildman–Crippen LogP) is 4.11. The summed E-state index contributed by atoms with van der Waals surface area (Å²) < 4.78 is 18.1. The lowest BCUT2D eigenvalue weighted by Crippen LogP contribution is -2.28. The van der Waals surface area contributed by atoms with Gasteiger partial charge in [-0.3, -0.25) is 9.59 Å². The van der Waals surface area contributed by atoms with Crippen LogP contribution in [-0.2, 0) is 9.53 Å². The zero-order valence-corrected chi connectivity index (χ0v) is 16.8. The summed E-state index contributed by atoms with van der Waals surface area (Å²) >= 11 is 0. The van der Waals surface area contributed by atoms with Crippen molar-refractivity contribution in [3.05, 3.63) is 101 Å². The zero-order valence-electron chi connectivity index (χ0n) is 16.8. The molecule has 3 rings (SSSR count). The van der Waals surface area contributed by atoms with Gasteiger partial charge in [-0.1, -0.05) is 48.5 Å². The van der Waals surface area contributed by atoms with Gasteiger partial charge in [-0.25, -0.2) is 9.18 Å². The summed E-state index contributed by atoms with van der Waals surface area (Å²) in [5, 5.41) is 5.46. The standard InChI is InChI=1S/C24H21FN2O4/c1-16(17-8-3-2-4-9-17)26-23(29)20-12-5-6-13-21(20)27-22(28)15-31-24(30)18-10-7-11-19(25)14-18/h2-14,16H,15H2,1H3,(H,26,29)(H,27,28)/t16-/m0/s1. The second kappa shape index (κ2) is 10.2. The van der Waals surface area contributed by atoms with E-state index >= 15 is 0 Å². The molecule has 2 N–H and O–H groups in total. The number of benzene rings is 3. The van der Waals surface area contributed by atoms with Crippen LogP contribution in [0.1, 0.15) is 39.2 Å². The van der Waals surface area contributed by atoms with Crippen LogP contribution in [0.5, 0.6) is 0 Å². The number of amides is 2. The molecule has 0 fully saturated rings. The van der Waals surface area contributed by atoms with Gasteiger partial charge < -0.3 is 15.4 Å². The van der Waals surface area contributed by atoms with Gasteiger partial charge in [-0.05, 0) is 42.8 Å². The van der Waals surface area contributed by atoms with Crippen LogP contribution < -0.4 is 10.6 Å². The van der Waals surface area contributed by atoms with E-state index in [1.807, 2.05) is 37.3 Å². The highest BCUT2D eigenvalue weighted by Crippen LogP contribution is 2.18. The molecule has 0 aliphatic carbocycles. The van der Waals surface area contributed by atoms with Gasteiger partial charge >= 0.3 is 5.97 Å². The quantitative estimate of drug-likeness (QED) is 0.564. The molecule has 0 heterocycles. The lowest BCUT2D eigenvalue weighted by atomic mass is 10.1. The molecule has 31 heavy (non-hydrogen) atoms. The third-order valence-corrected chi connectivity index (χ3v) is 4.49. The lowest BCUT2D eigenvalue weighted by molar-refractivity contribution is -0.119. The highest BCUT2D eigenvalue weighted by molar-refractivity contribution is 6.04. The van der Waals surface area contributed by atoms with Crippen LogP contribution in [0.4, 0.5) is 10.1 Å². The van der Waals surface area contributed by atoms with E-state index in [1.54, 1.807) is 24.3 Å². The van der Waals surface area contributed by atoms with Crippen molar-refractivity contribution in [1.82, 2.24) is 5.32 Å². The molecule has 2 amide bonds. The van der Waals surface area contributed by atoms with Gasteiger partial charge in [0.15, 0.2) is 6.61 Å². The van der Waals surface area contributed by atoms with Crippen molar-refractivity contribution in [3.63, 3.8) is 0 Å². The summed E-state index contributed by atoms with van der Waals surface area (Å²) in [5.41, 5.74) is 1.51. The number of halogens is 1. The van der Waals surface area contributed by atoms with Gasteiger partial charge in [0.25, 0.3) is 11.8 Å². The number of hydrogen-bond acceptors (Lipinski definition) is 4.